The highest BCUT2D eigenvalue weighted by Crippen LogP contribution is 2.07. The van der Waals surface area contributed by atoms with Crippen LogP contribution >= 0.6 is 0 Å². The SMILES string of the molecule is CC/C=C\C/C=C\C/C=C\C/C=C\C/C=C\C/C=C\CCC(=O)OCC(COCCCC/C=C\C/C=C\C/C=C\C/C=C\C/C=C\CC)OC(=O)CC/C=C\C/C=C\C/C=C\C/C=C\CC. The number of hydrogen-bond donors (Lipinski definition) is 0. The summed E-state index contributed by atoms with van der Waals surface area (Å²) >= 11 is 0. The largest absolute Gasteiger partial charge is 0.462 e. The van der Waals surface area contributed by atoms with Crippen LogP contribution in [-0.4, -0.2) is 37.9 Å². The van der Waals surface area contributed by atoms with E-state index in [-0.39, 0.29) is 38.0 Å². The zero-order valence-corrected chi connectivity index (χ0v) is 41.6. The highest BCUT2D eigenvalue weighted by Gasteiger charge is 2.17. The predicted octanol–water partition coefficient (Wildman–Crippen LogP) is 17.4. The van der Waals surface area contributed by atoms with Gasteiger partial charge in [0.05, 0.1) is 6.61 Å². The molecule has 66 heavy (non-hydrogen) atoms. The fraction of sp³-hybridized carbons (Fsp3) is 0.475. The maximum absolute atomic E-state index is 12.7. The normalized spacial score (nSPS) is 13.8. The van der Waals surface area contributed by atoms with Gasteiger partial charge < -0.3 is 14.2 Å². The van der Waals surface area contributed by atoms with Crippen LogP contribution in [0.1, 0.15) is 162 Å². The molecule has 0 bridgehead atoms. The summed E-state index contributed by atoms with van der Waals surface area (Å²) in [4.78, 5) is 25.3. The van der Waals surface area contributed by atoms with E-state index in [2.05, 4.69) is 191 Å². The first kappa shape index (κ1) is 61.0. The highest BCUT2D eigenvalue weighted by molar-refractivity contribution is 5.70. The number of carbonyl (C=O) groups is 2. The molecule has 0 aromatic heterocycles. The molecule has 0 N–H and O–H groups in total. The number of esters is 2. The second-order valence-electron chi connectivity index (χ2n) is 15.6. The topological polar surface area (TPSA) is 61.8 Å². The Morgan fingerprint density at radius 3 is 0.955 bits per heavy atom. The predicted molar refractivity (Wildman–Crippen MR) is 287 cm³/mol. The third-order valence-corrected chi connectivity index (χ3v) is 9.44. The van der Waals surface area contributed by atoms with Crippen molar-refractivity contribution in [1.82, 2.24) is 0 Å². The second kappa shape index (κ2) is 54.3. The minimum Gasteiger partial charge on any atom is -0.462 e. The molecule has 0 aliphatic rings. The summed E-state index contributed by atoms with van der Waals surface area (Å²) in [6.07, 6.45) is 83.6. The van der Waals surface area contributed by atoms with Gasteiger partial charge in [-0.25, -0.2) is 0 Å². The van der Waals surface area contributed by atoms with Gasteiger partial charge in [0, 0.05) is 19.4 Å². The lowest BCUT2D eigenvalue weighted by Gasteiger charge is -2.18. The van der Waals surface area contributed by atoms with E-state index < -0.39 is 6.10 Å². The molecule has 0 saturated heterocycles. The molecule has 0 aliphatic heterocycles. The molecule has 1 atom stereocenters. The molecule has 5 nitrogen and oxygen atoms in total. The Hall–Kier alpha value is -5.00. The molecular formula is C61H90O5. The average Bonchev–Trinajstić information content (AvgIpc) is 3.32. The quantitative estimate of drug-likeness (QED) is 0.0347. The van der Waals surface area contributed by atoms with Crippen LogP contribution in [0.5, 0.6) is 0 Å². The molecule has 0 aromatic rings. The van der Waals surface area contributed by atoms with E-state index in [1.807, 2.05) is 12.2 Å². The van der Waals surface area contributed by atoms with Gasteiger partial charge in [0.1, 0.15) is 6.61 Å². The molecule has 5 heteroatoms. The fourth-order valence-corrected chi connectivity index (χ4v) is 5.81. The molecule has 0 fully saturated rings. The summed E-state index contributed by atoms with van der Waals surface area (Å²) in [7, 11) is 0. The second-order valence-corrected chi connectivity index (χ2v) is 15.6. The molecule has 0 heterocycles. The van der Waals surface area contributed by atoms with Gasteiger partial charge in [-0.1, -0.05) is 203 Å². The lowest BCUT2D eigenvalue weighted by atomic mass is 10.2. The van der Waals surface area contributed by atoms with Crippen molar-refractivity contribution < 1.29 is 23.8 Å². The number of hydrogen-bond acceptors (Lipinski definition) is 5. The molecule has 0 aromatic carbocycles. The molecule has 0 aliphatic carbocycles. The van der Waals surface area contributed by atoms with Crippen LogP contribution in [-0.2, 0) is 23.8 Å². The molecule has 0 saturated carbocycles. The van der Waals surface area contributed by atoms with Gasteiger partial charge in [0.2, 0.25) is 0 Å². The molecule has 0 amide bonds. The van der Waals surface area contributed by atoms with Crippen LogP contribution in [0.3, 0.4) is 0 Å². The Labute approximate surface area is 404 Å². The van der Waals surface area contributed by atoms with Crippen LogP contribution in [0.2, 0.25) is 0 Å². The average molecular weight is 903 g/mol. The lowest BCUT2D eigenvalue weighted by molar-refractivity contribution is -0.162. The van der Waals surface area contributed by atoms with E-state index in [0.29, 0.717) is 19.4 Å². The van der Waals surface area contributed by atoms with Crippen LogP contribution in [0, 0.1) is 0 Å². The maximum atomic E-state index is 12.7. The van der Waals surface area contributed by atoms with Crippen molar-refractivity contribution in [1.29, 1.82) is 0 Å². The summed E-state index contributed by atoms with van der Waals surface area (Å²) in [5.41, 5.74) is 0. The van der Waals surface area contributed by atoms with Crippen molar-refractivity contribution in [2.75, 3.05) is 19.8 Å². The van der Waals surface area contributed by atoms with E-state index in [9.17, 15) is 9.59 Å². The van der Waals surface area contributed by atoms with Crippen LogP contribution in [0.25, 0.3) is 0 Å². The van der Waals surface area contributed by atoms with E-state index in [0.717, 1.165) is 116 Å². The van der Waals surface area contributed by atoms with Gasteiger partial charge in [0.15, 0.2) is 6.10 Å². The van der Waals surface area contributed by atoms with Crippen molar-refractivity contribution in [3.05, 3.63) is 182 Å². The van der Waals surface area contributed by atoms with E-state index in [4.69, 9.17) is 14.2 Å². The van der Waals surface area contributed by atoms with Gasteiger partial charge in [0.25, 0.3) is 0 Å². The van der Waals surface area contributed by atoms with Crippen molar-refractivity contribution in [3.8, 4) is 0 Å². The zero-order chi connectivity index (χ0) is 47.7. The number of rotatable bonds is 43. The van der Waals surface area contributed by atoms with Crippen molar-refractivity contribution >= 4 is 11.9 Å². The smallest absolute Gasteiger partial charge is 0.306 e. The van der Waals surface area contributed by atoms with Crippen molar-refractivity contribution in [2.45, 2.75) is 168 Å². The first-order valence-electron chi connectivity index (χ1n) is 25.3. The first-order valence-corrected chi connectivity index (χ1v) is 25.3. The van der Waals surface area contributed by atoms with Crippen LogP contribution in [0.15, 0.2) is 182 Å². The zero-order valence-electron chi connectivity index (χ0n) is 41.6. The van der Waals surface area contributed by atoms with Crippen LogP contribution in [0.4, 0.5) is 0 Å². The Morgan fingerprint density at radius 2 is 0.621 bits per heavy atom. The molecule has 0 rings (SSSR count). The molecule has 0 spiro atoms. The number of allylic oxidation sites excluding steroid dienone is 30. The molecule has 364 valence electrons. The van der Waals surface area contributed by atoms with E-state index in [1.54, 1.807) is 0 Å². The summed E-state index contributed by atoms with van der Waals surface area (Å²) in [5, 5.41) is 0. The van der Waals surface area contributed by atoms with Crippen LogP contribution < -0.4 is 0 Å². The first-order chi connectivity index (χ1) is 32.6. The molecule has 0 radical (unpaired) electrons. The third kappa shape index (κ3) is 51.6. The Kier molecular flexibility index (Phi) is 50.2. The maximum Gasteiger partial charge on any atom is 0.306 e. The summed E-state index contributed by atoms with van der Waals surface area (Å²) in [6, 6.07) is 0. The monoisotopic (exact) mass is 903 g/mol. The van der Waals surface area contributed by atoms with Gasteiger partial charge in [-0.3, -0.25) is 9.59 Å². The van der Waals surface area contributed by atoms with Crippen molar-refractivity contribution in [3.63, 3.8) is 0 Å². The molecule has 1 unspecified atom stereocenters. The number of carbonyl (C=O) groups excluding carboxylic acids is 2. The minimum absolute atomic E-state index is 0.0155. The lowest BCUT2D eigenvalue weighted by Crippen LogP contribution is -2.30. The Bertz CT molecular complexity index is 1580. The summed E-state index contributed by atoms with van der Waals surface area (Å²) in [5.74, 6) is -0.633. The highest BCUT2D eigenvalue weighted by atomic mass is 16.6. The van der Waals surface area contributed by atoms with E-state index >= 15 is 0 Å². The van der Waals surface area contributed by atoms with Gasteiger partial charge in [-0.15, -0.1) is 0 Å². The van der Waals surface area contributed by atoms with E-state index in [1.165, 1.54) is 0 Å². The third-order valence-electron chi connectivity index (χ3n) is 9.44. The number of ether oxygens (including phenoxy) is 3. The Balaban J connectivity index is 4.59. The Morgan fingerprint density at radius 1 is 0.333 bits per heavy atom. The fourth-order valence-electron chi connectivity index (χ4n) is 5.81. The number of unbranched alkanes of at least 4 members (excludes halogenated alkanes) is 2. The van der Waals surface area contributed by atoms with Gasteiger partial charge >= 0.3 is 11.9 Å². The molecular weight excluding hydrogens is 813 g/mol. The minimum atomic E-state index is -0.643. The summed E-state index contributed by atoms with van der Waals surface area (Å²) in [6.45, 7) is 7.17. The summed E-state index contributed by atoms with van der Waals surface area (Å²) < 4.78 is 17.2. The van der Waals surface area contributed by atoms with Gasteiger partial charge in [-0.05, 0) is 128 Å². The standard InChI is InChI=1S/C61H90O5/c1-4-7-10-13-16-19-22-25-27-29-31-32-34-37-39-42-45-48-51-54-60(62)65-58-59(66-61(63)55-52-49-46-43-40-36-24-21-18-15-12-9-6-3)57-64-56-53-50-47-44-41-38-35-33-30-28-26-23-20-17-14-11-8-5-2/h7-12,16-21,25-28,31-33,35-37,39-41,44-46,48-49,59H,4-6,13-15,22-24,29-30,34,38,42-43,47,50-58H2,1-3H3/b10-7-,11-8-,12-9-,19-16-,20-17-,21-18-,27-25-,28-26-,32-31-,35-33-,39-37-,40-36-,44-41-,48-45-,49-46-. The van der Waals surface area contributed by atoms with Gasteiger partial charge in [-0.2, -0.15) is 0 Å². The van der Waals surface area contributed by atoms with Crippen molar-refractivity contribution in [2.24, 2.45) is 0 Å².